The third kappa shape index (κ3) is 6.23. The molecule has 0 saturated heterocycles. The fourth-order valence-corrected chi connectivity index (χ4v) is 4.50. The molecule has 3 aromatic rings. The number of aromatic nitrogens is 3. The van der Waals surface area contributed by atoms with Crippen LogP contribution in [0.4, 0.5) is 0 Å². The summed E-state index contributed by atoms with van der Waals surface area (Å²) in [6.07, 6.45) is 7.88. The van der Waals surface area contributed by atoms with Crippen LogP contribution < -0.4 is 4.74 Å². The lowest BCUT2D eigenvalue weighted by Gasteiger charge is -2.26. The molecule has 0 fully saturated rings. The van der Waals surface area contributed by atoms with Gasteiger partial charge in [-0.25, -0.2) is 0 Å². The number of allylic oxidation sites excluding steroid dienone is 2. The van der Waals surface area contributed by atoms with Gasteiger partial charge in [0.15, 0.2) is 5.78 Å². The topological polar surface area (TPSA) is 88.1 Å². The van der Waals surface area contributed by atoms with E-state index in [0.717, 1.165) is 52.2 Å². The van der Waals surface area contributed by atoms with Crippen LogP contribution >= 0.6 is 11.6 Å². The van der Waals surface area contributed by atoms with E-state index in [1.807, 2.05) is 50.5 Å². The summed E-state index contributed by atoms with van der Waals surface area (Å²) in [4.78, 5) is 18.3. The van der Waals surface area contributed by atoms with E-state index in [1.165, 1.54) is 0 Å². The molecule has 0 spiro atoms. The van der Waals surface area contributed by atoms with Gasteiger partial charge < -0.3 is 9.84 Å². The molecule has 0 aliphatic carbocycles. The lowest BCUT2D eigenvalue weighted by Crippen LogP contribution is -2.29. The minimum absolute atomic E-state index is 0.0760. The number of halogens is 1. The normalized spacial score (nSPS) is 15.1. The van der Waals surface area contributed by atoms with Crippen molar-refractivity contribution in [3.63, 3.8) is 0 Å². The van der Waals surface area contributed by atoms with E-state index in [-0.39, 0.29) is 17.6 Å². The average Bonchev–Trinajstić information content (AvgIpc) is 3.37. The number of Topliss-reactive ketones (excluding diaryl/α,β-unsaturated/α-hetero) is 1. The first-order valence-electron chi connectivity index (χ1n) is 12.6. The lowest BCUT2D eigenvalue weighted by molar-refractivity contribution is -0.118. The number of carbonyl (C=O) groups is 1. The zero-order chi connectivity index (χ0) is 26.2. The molecule has 1 atom stereocenters. The van der Waals surface area contributed by atoms with Crippen molar-refractivity contribution in [2.75, 3.05) is 13.2 Å². The van der Waals surface area contributed by atoms with Crippen LogP contribution in [0.1, 0.15) is 69.3 Å². The molecular formula is C29H36ClN3O3. The zero-order valence-corrected chi connectivity index (χ0v) is 22.5. The van der Waals surface area contributed by atoms with Crippen molar-refractivity contribution in [2.24, 2.45) is 5.92 Å². The maximum atomic E-state index is 13.6. The zero-order valence-electron chi connectivity index (χ0n) is 21.8. The molecule has 1 aliphatic heterocycles. The van der Waals surface area contributed by atoms with Crippen LogP contribution in [0, 0.1) is 5.92 Å². The number of aromatic amines is 1. The number of rotatable bonds is 7. The summed E-state index contributed by atoms with van der Waals surface area (Å²) in [5.74, 6) is 0.856. The number of aliphatic hydroxyl groups excluding tert-OH is 1. The highest BCUT2D eigenvalue weighted by Gasteiger charge is 2.30. The van der Waals surface area contributed by atoms with Crippen LogP contribution in [0.5, 0.6) is 5.75 Å². The highest BCUT2D eigenvalue weighted by molar-refractivity contribution is 6.30. The molecule has 6 nitrogen and oxygen atoms in total. The van der Waals surface area contributed by atoms with Gasteiger partial charge in [0.05, 0.1) is 24.4 Å². The molecule has 1 unspecified atom stereocenters. The van der Waals surface area contributed by atoms with Crippen LogP contribution in [0.2, 0.25) is 5.02 Å². The number of ketones is 1. The van der Waals surface area contributed by atoms with E-state index in [2.05, 4.69) is 37.0 Å². The summed E-state index contributed by atoms with van der Waals surface area (Å²) in [6, 6.07) is 7.66. The molecule has 4 rings (SSSR count). The van der Waals surface area contributed by atoms with E-state index in [1.54, 1.807) is 0 Å². The molecule has 7 heteroatoms. The Morgan fingerprint density at radius 1 is 1.28 bits per heavy atom. The number of aryl methyl sites for hydroxylation is 1. The number of benzene rings is 1. The Bertz CT molecular complexity index is 1210. The number of nitrogens with one attached hydrogen (secondary N) is 1. The predicted molar refractivity (Wildman–Crippen MR) is 145 cm³/mol. The van der Waals surface area contributed by atoms with Gasteiger partial charge in [0.2, 0.25) is 0 Å². The van der Waals surface area contributed by atoms with E-state index in [0.29, 0.717) is 30.2 Å². The molecule has 0 bridgehead atoms. The van der Waals surface area contributed by atoms with Crippen LogP contribution in [0.25, 0.3) is 16.8 Å². The SMILES string of the molecule is C/C=C(/C(=O)C1COc2ccc(Cl)cc2C1)c1cnc(-c2cn[nH]c2CC)cc1C(C)C.CCCO. The van der Waals surface area contributed by atoms with Crippen molar-refractivity contribution in [1.29, 1.82) is 0 Å². The van der Waals surface area contributed by atoms with Gasteiger partial charge in [-0.3, -0.25) is 14.9 Å². The van der Waals surface area contributed by atoms with Crippen molar-refractivity contribution < 1.29 is 14.6 Å². The predicted octanol–water partition coefficient (Wildman–Crippen LogP) is 6.42. The molecule has 0 amide bonds. The van der Waals surface area contributed by atoms with Gasteiger partial charge in [-0.15, -0.1) is 0 Å². The number of ether oxygens (including phenoxy) is 1. The first-order chi connectivity index (χ1) is 17.3. The Labute approximate surface area is 218 Å². The van der Waals surface area contributed by atoms with Gasteiger partial charge in [0, 0.05) is 40.2 Å². The Morgan fingerprint density at radius 3 is 2.67 bits per heavy atom. The van der Waals surface area contributed by atoms with Crippen LogP contribution in [0.15, 0.2) is 42.7 Å². The molecule has 1 aromatic carbocycles. The summed E-state index contributed by atoms with van der Waals surface area (Å²) in [5, 5.41) is 15.8. The van der Waals surface area contributed by atoms with Crippen molar-refractivity contribution >= 4 is 23.0 Å². The van der Waals surface area contributed by atoms with Crippen molar-refractivity contribution in [2.45, 2.75) is 59.8 Å². The van der Waals surface area contributed by atoms with Gasteiger partial charge in [0.25, 0.3) is 0 Å². The Morgan fingerprint density at radius 2 is 2.03 bits per heavy atom. The fourth-order valence-electron chi connectivity index (χ4n) is 4.31. The number of hydrogen-bond donors (Lipinski definition) is 2. The quantitative estimate of drug-likeness (QED) is 0.358. The Kier molecular flexibility index (Phi) is 9.85. The smallest absolute Gasteiger partial charge is 0.170 e. The summed E-state index contributed by atoms with van der Waals surface area (Å²) in [5.41, 5.74) is 6.57. The summed E-state index contributed by atoms with van der Waals surface area (Å²) < 4.78 is 5.88. The first-order valence-corrected chi connectivity index (χ1v) is 13.0. The number of carbonyl (C=O) groups excluding carboxylic acids is 1. The third-order valence-electron chi connectivity index (χ3n) is 6.27. The van der Waals surface area contributed by atoms with Gasteiger partial charge >= 0.3 is 0 Å². The van der Waals surface area contributed by atoms with E-state index >= 15 is 0 Å². The lowest BCUT2D eigenvalue weighted by atomic mass is 9.84. The monoisotopic (exact) mass is 509 g/mol. The van der Waals surface area contributed by atoms with Crippen molar-refractivity contribution in [3.05, 3.63) is 70.1 Å². The second-order valence-corrected chi connectivity index (χ2v) is 9.62. The molecule has 0 saturated carbocycles. The van der Waals surface area contributed by atoms with Gasteiger partial charge in [0.1, 0.15) is 5.75 Å². The molecule has 2 N–H and O–H groups in total. The second-order valence-electron chi connectivity index (χ2n) is 9.18. The summed E-state index contributed by atoms with van der Waals surface area (Å²) in [6.45, 7) is 10.9. The van der Waals surface area contributed by atoms with Crippen molar-refractivity contribution in [1.82, 2.24) is 15.2 Å². The minimum Gasteiger partial charge on any atom is -0.493 e. The van der Waals surface area contributed by atoms with Gasteiger partial charge in [-0.2, -0.15) is 5.10 Å². The summed E-state index contributed by atoms with van der Waals surface area (Å²) in [7, 11) is 0. The third-order valence-corrected chi connectivity index (χ3v) is 6.51. The number of H-pyrrole nitrogens is 1. The first kappa shape index (κ1) is 27.6. The Hall–Kier alpha value is -2.96. The fraction of sp³-hybridized carbons (Fsp3) is 0.414. The molecule has 2 aromatic heterocycles. The van der Waals surface area contributed by atoms with Gasteiger partial charge in [-0.1, -0.05) is 45.4 Å². The van der Waals surface area contributed by atoms with Crippen molar-refractivity contribution in [3.8, 4) is 17.0 Å². The number of hydrogen-bond acceptors (Lipinski definition) is 5. The highest BCUT2D eigenvalue weighted by atomic mass is 35.5. The highest BCUT2D eigenvalue weighted by Crippen LogP contribution is 2.35. The van der Waals surface area contributed by atoms with Crippen LogP contribution in [-0.4, -0.2) is 39.3 Å². The van der Waals surface area contributed by atoms with Crippen LogP contribution in [0.3, 0.4) is 0 Å². The Balaban J connectivity index is 0.000000840. The molecule has 192 valence electrons. The second kappa shape index (κ2) is 12.8. The maximum Gasteiger partial charge on any atom is 0.170 e. The number of pyridine rings is 1. The van der Waals surface area contributed by atoms with Gasteiger partial charge in [-0.05, 0) is 67.5 Å². The standard InChI is InChI=1S/C26H28ClN3O2.C3H8O/c1-5-19(26(31)17-9-16-10-18(27)7-8-25(16)32-14-17)21-12-28-24(11-20(21)15(3)4)22-13-29-30-23(22)6-2;1-2-3-4/h5,7-8,10-13,15,17H,6,9,14H2,1-4H3,(H,29,30);4H,2-3H2,1H3/b19-5+;. The number of aliphatic hydroxyl groups is 1. The molecule has 0 radical (unpaired) electrons. The minimum atomic E-state index is -0.257. The molecule has 1 aliphatic rings. The molecule has 3 heterocycles. The average molecular weight is 510 g/mol. The van der Waals surface area contributed by atoms with E-state index in [4.69, 9.17) is 26.4 Å². The van der Waals surface area contributed by atoms with E-state index in [9.17, 15) is 4.79 Å². The van der Waals surface area contributed by atoms with E-state index < -0.39 is 0 Å². The van der Waals surface area contributed by atoms with Crippen LogP contribution in [-0.2, 0) is 17.6 Å². The summed E-state index contributed by atoms with van der Waals surface area (Å²) >= 11 is 6.16. The molecular weight excluding hydrogens is 474 g/mol. The number of fused-ring (bicyclic) bond motifs is 1. The largest absolute Gasteiger partial charge is 0.493 e. The maximum absolute atomic E-state index is 13.6. The molecule has 36 heavy (non-hydrogen) atoms. The number of nitrogens with zero attached hydrogens (tertiary/aromatic N) is 2.